The van der Waals surface area contributed by atoms with Crippen molar-refractivity contribution in [1.29, 1.82) is 0 Å². The lowest BCUT2D eigenvalue weighted by Crippen LogP contribution is -2.31. The molecule has 0 saturated carbocycles. The van der Waals surface area contributed by atoms with E-state index in [0.29, 0.717) is 34.4 Å². The van der Waals surface area contributed by atoms with Crippen LogP contribution in [0, 0.1) is 5.82 Å². The quantitative estimate of drug-likeness (QED) is 0.680. The van der Waals surface area contributed by atoms with Gasteiger partial charge in [0.25, 0.3) is 0 Å². The first kappa shape index (κ1) is 17.1. The monoisotopic (exact) mass is 394 g/mol. The Morgan fingerprint density at radius 1 is 1.11 bits per heavy atom. The third kappa shape index (κ3) is 2.72. The second-order valence-electron chi connectivity index (χ2n) is 6.93. The van der Waals surface area contributed by atoms with Crippen LogP contribution in [0.5, 0.6) is 0 Å². The predicted octanol–water partition coefficient (Wildman–Crippen LogP) is 4.76. The summed E-state index contributed by atoms with van der Waals surface area (Å²) in [5, 5.41) is 8.51. The van der Waals surface area contributed by atoms with Gasteiger partial charge in [-0.05, 0) is 43.2 Å². The number of hydrogen-bond donors (Lipinski definition) is 1. The van der Waals surface area contributed by atoms with Crippen LogP contribution >= 0.6 is 11.6 Å². The summed E-state index contributed by atoms with van der Waals surface area (Å²) in [6.07, 6.45) is 2.09. The fourth-order valence-corrected chi connectivity index (χ4v) is 4.10. The summed E-state index contributed by atoms with van der Waals surface area (Å²) in [6, 6.07) is 13.1. The number of allylic oxidation sites excluding steroid dienone is 2. The molecule has 1 N–H and O–H groups in total. The van der Waals surface area contributed by atoms with Crippen molar-refractivity contribution in [3.8, 4) is 11.4 Å². The average molecular weight is 395 g/mol. The van der Waals surface area contributed by atoms with Gasteiger partial charge < -0.3 is 5.32 Å². The molecule has 2 aliphatic rings. The van der Waals surface area contributed by atoms with Crippen LogP contribution in [0.25, 0.3) is 11.4 Å². The summed E-state index contributed by atoms with van der Waals surface area (Å²) >= 11 is 6.49. The van der Waals surface area contributed by atoms with Crippen LogP contribution in [0.2, 0.25) is 5.02 Å². The van der Waals surface area contributed by atoms with Crippen molar-refractivity contribution in [3.05, 3.63) is 76.2 Å². The number of nitrogens with zero attached hydrogens (tertiary/aromatic N) is 3. The Hall–Kier alpha value is -2.99. The number of carbonyl (C=O) groups excluding carboxylic acids is 1. The van der Waals surface area contributed by atoms with Crippen molar-refractivity contribution in [2.45, 2.75) is 25.3 Å². The normalized spacial score (nSPS) is 18.5. The summed E-state index contributed by atoms with van der Waals surface area (Å²) in [5.41, 5.74) is 3.09. The highest BCUT2D eigenvalue weighted by Gasteiger charge is 2.37. The van der Waals surface area contributed by atoms with Crippen molar-refractivity contribution in [3.63, 3.8) is 0 Å². The van der Waals surface area contributed by atoms with Gasteiger partial charge >= 0.3 is 0 Å². The standard InChI is InChI=1S/C21H16ClFN4O/c22-15-5-2-1-4-14(15)19-18-16(6-3-7-17(18)28)24-21-25-20(26-27(19)21)12-8-10-13(23)11-9-12/h1-2,4-5,8-11,19H,3,6-7H2,(H,24,25,26). The Labute approximate surface area is 165 Å². The van der Waals surface area contributed by atoms with E-state index in [9.17, 15) is 9.18 Å². The number of halogens is 2. The SMILES string of the molecule is O=C1CCCC2=C1C(c1ccccc1Cl)n1nc(-c3ccc(F)cc3)nc1N2. The zero-order chi connectivity index (χ0) is 19.3. The van der Waals surface area contributed by atoms with E-state index in [1.165, 1.54) is 12.1 Å². The van der Waals surface area contributed by atoms with Gasteiger partial charge in [0.2, 0.25) is 5.95 Å². The molecule has 1 aromatic heterocycles. The number of ketones is 1. The van der Waals surface area contributed by atoms with Crippen molar-refractivity contribution in [2.75, 3.05) is 5.32 Å². The molecular formula is C21H16ClFN4O. The van der Waals surface area contributed by atoms with Gasteiger partial charge in [-0.3, -0.25) is 4.79 Å². The summed E-state index contributed by atoms with van der Waals surface area (Å²) in [4.78, 5) is 17.4. The molecular weight excluding hydrogens is 379 g/mol. The van der Waals surface area contributed by atoms with Gasteiger partial charge in [0.15, 0.2) is 11.6 Å². The Morgan fingerprint density at radius 3 is 2.68 bits per heavy atom. The maximum absolute atomic E-state index is 13.3. The largest absolute Gasteiger partial charge is 0.328 e. The van der Waals surface area contributed by atoms with Crippen molar-refractivity contribution in [1.82, 2.24) is 14.8 Å². The minimum Gasteiger partial charge on any atom is -0.328 e. The molecule has 0 spiro atoms. The molecule has 140 valence electrons. The summed E-state index contributed by atoms with van der Waals surface area (Å²) in [6.45, 7) is 0. The number of fused-ring (bicyclic) bond motifs is 1. The third-order valence-electron chi connectivity index (χ3n) is 5.17. The molecule has 1 aliphatic carbocycles. The second kappa shape index (κ2) is 6.56. The molecule has 1 aliphatic heterocycles. The summed E-state index contributed by atoms with van der Waals surface area (Å²) < 4.78 is 15.0. The van der Waals surface area contributed by atoms with E-state index in [1.807, 2.05) is 24.3 Å². The van der Waals surface area contributed by atoms with Crippen molar-refractivity contribution in [2.24, 2.45) is 0 Å². The predicted molar refractivity (Wildman–Crippen MR) is 105 cm³/mol. The zero-order valence-electron chi connectivity index (χ0n) is 14.8. The Kier molecular flexibility index (Phi) is 4.02. The highest BCUT2D eigenvalue weighted by molar-refractivity contribution is 6.31. The van der Waals surface area contributed by atoms with Gasteiger partial charge in [0.05, 0.1) is 0 Å². The van der Waals surface area contributed by atoms with Gasteiger partial charge in [-0.25, -0.2) is 9.07 Å². The lowest BCUT2D eigenvalue weighted by molar-refractivity contribution is -0.116. The first-order chi connectivity index (χ1) is 13.6. The van der Waals surface area contributed by atoms with Crippen LogP contribution in [0.15, 0.2) is 59.8 Å². The number of anilines is 1. The first-order valence-electron chi connectivity index (χ1n) is 9.12. The summed E-state index contributed by atoms with van der Waals surface area (Å²) in [5.74, 6) is 0.801. The number of nitrogens with one attached hydrogen (secondary N) is 1. The molecule has 0 saturated heterocycles. The van der Waals surface area contributed by atoms with Crippen LogP contribution in [0.3, 0.4) is 0 Å². The van der Waals surface area contributed by atoms with E-state index in [1.54, 1.807) is 16.8 Å². The first-order valence-corrected chi connectivity index (χ1v) is 9.50. The highest BCUT2D eigenvalue weighted by atomic mass is 35.5. The molecule has 0 fully saturated rings. The van der Waals surface area contributed by atoms with Gasteiger partial charge in [-0.1, -0.05) is 29.8 Å². The summed E-state index contributed by atoms with van der Waals surface area (Å²) in [7, 11) is 0. The minimum absolute atomic E-state index is 0.100. The molecule has 1 atom stereocenters. The van der Waals surface area contributed by atoms with Crippen LogP contribution in [0.4, 0.5) is 10.3 Å². The zero-order valence-corrected chi connectivity index (χ0v) is 15.6. The van der Waals surface area contributed by atoms with E-state index in [0.717, 1.165) is 24.1 Å². The van der Waals surface area contributed by atoms with E-state index in [2.05, 4.69) is 15.4 Å². The third-order valence-corrected chi connectivity index (χ3v) is 5.51. The van der Waals surface area contributed by atoms with Gasteiger partial charge in [0.1, 0.15) is 11.9 Å². The van der Waals surface area contributed by atoms with Gasteiger partial charge in [0, 0.05) is 33.8 Å². The molecule has 2 heterocycles. The number of benzene rings is 2. The molecule has 1 unspecified atom stereocenters. The maximum atomic E-state index is 13.3. The van der Waals surface area contributed by atoms with E-state index in [-0.39, 0.29) is 11.6 Å². The Balaban J connectivity index is 1.69. The number of carbonyl (C=O) groups is 1. The van der Waals surface area contributed by atoms with Crippen LogP contribution < -0.4 is 5.32 Å². The van der Waals surface area contributed by atoms with Crippen LogP contribution in [0.1, 0.15) is 30.9 Å². The molecule has 0 amide bonds. The van der Waals surface area contributed by atoms with Gasteiger partial charge in [-0.15, -0.1) is 5.10 Å². The van der Waals surface area contributed by atoms with Crippen LogP contribution in [-0.2, 0) is 4.79 Å². The molecule has 5 nitrogen and oxygen atoms in total. The maximum Gasteiger partial charge on any atom is 0.226 e. The average Bonchev–Trinajstić information content (AvgIpc) is 3.11. The lowest BCUT2D eigenvalue weighted by atomic mass is 9.85. The number of rotatable bonds is 2. The fraction of sp³-hybridized carbons (Fsp3) is 0.190. The highest BCUT2D eigenvalue weighted by Crippen LogP contribution is 2.42. The van der Waals surface area contributed by atoms with E-state index < -0.39 is 6.04 Å². The Bertz CT molecular complexity index is 1120. The molecule has 2 aromatic carbocycles. The van der Waals surface area contributed by atoms with Gasteiger partial charge in [-0.2, -0.15) is 4.98 Å². The lowest BCUT2D eigenvalue weighted by Gasteiger charge is -2.32. The Morgan fingerprint density at radius 2 is 1.89 bits per heavy atom. The molecule has 3 aromatic rings. The minimum atomic E-state index is -0.436. The molecule has 0 bridgehead atoms. The van der Waals surface area contributed by atoms with Crippen molar-refractivity contribution < 1.29 is 9.18 Å². The fourth-order valence-electron chi connectivity index (χ4n) is 3.86. The number of aromatic nitrogens is 3. The molecule has 7 heteroatoms. The molecule has 28 heavy (non-hydrogen) atoms. The van der Waals surface area contributed by atoms with E-state index in [4.69, 9.17) is 11.6 Å². The second-order valence-corrected chi connectivity index (χ2v) is 7.34. The molecule has 5 rings (SSSR count). The van der Waals surface area contributed by atoms with Crippen LogP contribution in [-0.4, -0.2) is 20.5 Å². The topological polar surface area (TPSA) is 59.8 Å². The number of hydrogen-bond acceptors (Lipinski definition) is 4. The number of Topliss-reactive ketones (excluding diaryl/α,β-unsaturated/α-hetero) is 1. The van der Waals surface area contributed by atoms with Crippen molar-refractivity contribution >= 4 is 23.3 Å². The van der Waals surface area contributed by atoms with E-state index >= 15 is 0 Å². The molecule has 0 radical (unpaired) electrons. The smallest absolute Gasteiger partial charge is 0.226 e.